The van der Waals surface area contributed by atoms with E-state index in [9.17, 15) is 0 Å². The highest BCUT2D eigenvalue weighted by molar-refractivity contribution is 7.09. The Labute approximate surface area is 94.7 Å². The van der Waals surface area contributed by atoms with Crippen LogP contribution in [0.4, 0.5) is 5.13 Å². The third-order valence-corrected chi connectivity index (χ3v) is 3.33. The molecule has 0 saturated heterocycles. The summed E-state index contributed by atoms with van der Waals surface area (Å²) < 4.78 is 4.41. The van der Waals surface area contributed by atoms with Gasteiger partial charge in [0.25, 0.3) is 0 Å². The zero-order valence-electron chi connectivity index (χ0n) is 9.15. The molecule has 1 aromatic heterocycles. The fourth-order valence-electron chi connectivity index (χ4n) is 1.59. The van der Waals surface area contributed by atoms with Crippen LogP contribution >= 0.6 is 11.5 Å². The monoisotopic (exact) mass is 226 g/mol. The first-order valence-electron chi connectivity index (χ1n) is 5.63. The van der Waals surface area contributed by atoms with Crippen LogP contribution < -0.4 is 10.6 Å². The minimum Gasteiger partial charge on any atom is -0.346 e. The zero-order valence-corrected chi connectivity index (χ0v) is 9.96. The molecule has 0 aliphatic heterocycles. The number of aromatic nitrogens is 2. The molecule has 2 rings (SSSR count). The van der Waals surface area contributed by atoms with Gasteiger partial charge in [-0.25, -0.2) is 4.98 Å². The largest absolute Gasteiger partial charge is 0.346 e. The average molecular weight is 226 g/mol. The van der Waals surface area contributed by atoms with Gasteiger partial charge in [0.15, 0.2) is 0 Å². The van der Waals surface area contributed by atoms with E-state index in [1.54, 1.807) is 0 Å². The van der Waals surface area contributed by atoms with E-state index in [1.165, 1.54) is 24.4 Å². The van der Waals surface area contributed by atoms with Crippen molar-refractivity contribution in [1.29, 1.82) is 0 Å². The minimum atomic E-state index is 0.649. The fourth-order valence-corrected chi connectivity index (χ4v) is 2.39. The smallest absolute Gasteiger partial charge is 0.205 e. The Kier molecular flexibility index (Phi) is 3.53. The van der Waals surface area contributed by atoms with Gasteiger partial charge >= 0.3 is 0 Å². The molecule has 0 radical (unpaired) electrons. The Morgan fingerprint density at radius 3 is 2.87 bits per heavy atom. The van der Waals surface area contributed by atoms with Gasteiger partial charge in [-0.2, -0.15) is 4.37 Å². The van der Waals surface area contributed by atoms with Crippen LogP contribution in [-0.2, 0) is 0 Å². The molecule has 0 spiro atoms. The van der Waals surface area contributed by atoms with E-state index < -0.39 is 0 Å². The third kappa shape index (κ3) is 2.66. The molecule has 0 atom stereocenters. The maximum absolute atomic E-state index is 5.59. The second kappa shape index (κ2) is 4.90. The molecule has 0 bridgehead atoms. The second-order valence-electron chi connectivity index (χ2n) is 3.99. The Morgan fingerprint density at radius 2 is 2.27 bits per heavy atom. The number of hydrogen-bond acceptors (Lipinski definition) is 5. The lowest BCUT2D eigenvalue weighted by atomic mass is 10.4. The van der Waals surface area contributed by atoms with Gasteiger partial charge < -0.3 is 10.6 Å². The molecule has 4 nitrogen and oxygen atoms in total. The van der Waals surface area contributed by atoms with Gasteiger partial charge in [0.2, 0.25) is 5.13 Å². The Bertz CT molecular complexity index is 302. The van der Waals surface area contributed by atoms with Crippen LogP contribution in [0, 0.1) is 0 Å². The van der Waals surface area contributed by atoms with Gasteiger partial charge in [0, 0.05) is 37.1 Å². The molecule has 15 heavy (non-hydrogen) atoms. The number of nitrogens with zero attached hydrogens (tertiary/aromatic N) is 3. The van der Waals surface area contributed by atoms with E-state index in [-0.39, 0.29) is 0 Å². The lowest BCUT2D eigenvalue weighted by Gasteiger charge is -2.19. The highest BCUT2D eigenvalue weighted by Crippen LogP contribution is 2.39. The van der Waals surface area contributed by atoms with Crippen LogP contribution in [0.2, 0.25) is 0 Å². The molecule has 1 fully saturated rings. The highest BCUT2D eigenvalue weighted by atomic mass is 32.1. The quantitative estimate of drug-likeness (QED) is 0.800. The standard InChI is InChI=1S/C10H18N4S/c1-2-6-14(7-5-11)10-12-9(13-15-10)8-3-4-8/h8H,2-7,11H2,1H3. The molecule has 1 saturated carbocycles. The van der Waals surface area contributed by atoms with Gasteiger partial charge in [-0.05, 0) is 19.3 Å². The van der Waals surface area contributed by atoms with Crippen molar-refractivity contribution < 1.29 is 0 Å². The van der Waals surface area contributed by atoms with Crippen molar-refractivity contribution in [2.45, 2.75) is 32.1 Å². The summed E-state index contributed by atoms with van der Waals surface area (Å²) in [6, 6.07) is 0. The van der Waals surface area contributed by atoms with Crippen molar-refractivity contribution in [2.24, 2.45) is 5.73 Å². The second-order valence-corrected chi connectivity index (χ2v) is 4.72. The van der Waals surface area contributed by atoms with Crippen LogP contribution in [-0.4, -0.2) is 29.0 Å². The van der Waals surface area contributed by atoms with Gasteiger partial charge in [-0.1, -0.05) is 6.92 Å². The lowest BCUT2D eigenvalue weighted by molar-refractivity contribution is 0.756. The van der Waals surface area contributed by atoms with Crippen molar-refractivity contribution in [3.63, 3.8) is 0 Å². The van der Waals surface area contributed by atoms with E-state index in [4.69, 9.17) is 5.73 Å². The molecular weight excluding hydrogens is 208 g/mol. The van der Waals surface area contributed by atoms with E-state index in [0.717, 1.165) is 30.5 Å². The molecule has 2 N–H and O–H groups in total. The summed E-state index contributed by atoms with van der Waals surface area (Å²) in [5.41, 5.74) is 5.59. The fraction of sp³-hybridized carbons (Fsp3) is 0.800. The number of rotatable bonds is 6. The molecule has 84 valence electrons. The van der Waals surface area contributed by atoms with Crippen LogP contribution in [0.15, 0.2) is 0 Å². The molecule has 1 aliphatic rings. The first kappa shape index (κ1) is 10.8. The van der Waals surface area contributed by atoms with Crippen LogP contribution in [0.3, 0.4) is 0 Å². The number of anilines is 1. The first-order valence-corrected chi connectivity index (χ1v) is 6.41. The third-order valence-electron chi connectivity index (χ3n) is 2.54. The van der Waals surface area contributed by atoms with Crippen LogP contribution in [0.5, 0.6) is 0 Å². The predicted octanol–water partition coefficient (Wildman–Crippen LogP) is 1.59. The summed E-state index contributed by atoms with van der Waals surface area (Å²) >= 11 is 1.52. The van der Waals surface area contributed by atoms with E-state index in [1.807, 2.05) is 0 Å². The molecule has 1 aliphatic carbocycles. The summed E-state index contributed by atoms with van der Waals surface area (Å²) in [6.45, 7) is 4.76. The SMILES string of the molecule is CCCN(CCN)c1nc(C2CC2)ns1. The maximum atomic E-state index is 5.59. The molecule has 0 amide bonds. The molecule has 5 heteroatoms. The molecule has 0 aromatic carbocycles. The minimum absolute atomic E-state index is 0.649. The van der Waals surface area contributed by atoms with Crippen molar-refractivity contribution >= 4 is 16.7 Å². The summed E-state index contributed by atoms with van der Waals surface area (Å²) in [7, 11) is 0. The normalized spacial score (nSPS) is 15.6. The van der Waals surface area contributed by atoms with Crippen LogP contribution in [0.25, 0.3) is 0 Å². The van der Waals surface area contributed by atoms with Crippen LogP contribution in [0.1, 0.15) is 37.9 Å². The Balaban J connectivity index is 2.03. The van der Waals surface area contributed by atoms with Gasteiger partial charge in [-0.3, -0.25) is 0 Å². The number of hydrogen-bond donors (Lipinski definition) is 1. The van der Waals surface area contributed by atoms with E-state index in [2.05, 4.69) is 21.2 Å². The topological polar surface area (TPSA) is 55.0 Å². The lowest BCUT2D eigenvalue weighted by Crippen LogP contribution is -2.29. The van der Waals surface area contributed by atoms with Crippen molar-refractivity contribution in [3.05, 3.63) is 5.82 Å². The zero-order chi connectivity index (χ0) is 10.7. The molecular formula is C10H18N4S. The van der Waals surface area contributed by atoms with Gasteiger partial charge in [-0.15, -0.1) is 0 Å². The van der Waals surface area contributed by atoms with Crippen molar-refractivity contribution in [2.75, 3.05) is 24.5 Å². The summed E-state index contributed by atoms with van der Waals surface area (Å²) in [5.74, 6) is 1.70. The van der Waals surface area contributed by atoms with E-state index >= 15 is 0 Å². The van der Waals surface area contributed by atoms with Gasteiger partial charge in [0.05, 0.1) is 0 Å². The first-order chi connectivity index (χ1) is 7.35. The molecule has 1 aromatic rings. The summed E-state index contributed by atoms with van der Waals surface area (Å²) in [5, 5.41) is 1.05. The van der Waals surface area contributed by atoms with Gasteiger partial charge in [0.1, 0.15) is 5.82 Å². The number of nitrogens with two attached hydrogens (primary N) is 1. The maximum Gasteiger partial charge on any atom is 0.205 e. The van der Waals surface area contributed by atoms with Crippen molar-refractivity contribution in [3.8, 4) is 0 Å². The Hall–Kier alpha value is -0.680. The molecule has 0 unspecified atom stereocenters. The predicted molar refractivity (Wildman–Crippen MR) is 63.4 cm³/mol. The summed E-state index contributed by atoms with van der Waals surface area (Å²) in [4.78, 5) is 6.83. The Morgan fingerprint density at radius 1 is 1.47 bits per heavy atom. The molecule has 1 heterocycles. The van der Waals surface area contributed by atoms with Crippen molar-refractivity contribution in [1.82, 2.24) is 9.36 Å². The average Bonchev–Trinajstić information content (AvgIpc) is 2.97. The highest BCUT2D eigenvalue weighted by Gasteiger charge is 2.28. The summed E-state index contributed by atoms with van der Waals surface area (Å²) in [6.07, 6.45) is 3.65. The van der Waals surface area contributed by atoms with E-state index in [0.29, 0.717) is 12.5 Å².